The van der Waals surface area contributed by atoms with E-state index in [1.54, 1.807) is 39.8 Å². The molecule has 0 aromatic carbocycles. The third kappa shape index (κ3) is 3.82. The predicted molar refractivity (Wildman–Crippen MR) is 89.8 cm³/mol. The van der Waals surface area contributed by atoms with Gasteiger partial charge in [-0.3, -0.25) is 13.9 Å². The van der Waals surface area contributed by atoms with Crippen molar-refractivity contribution in [3.63, 3.8) is 0 Å². The minimum atomic E-state index is -0.740. The van der Waals surface area contributed by atoms with E-state index in [4.69, 9.17) is 0 Å². The molecule has 0 bridgehead atoms. The second kappa shape index (κ2) is 7.39. The van der Waals surface area contributed by atoms with E-state index in [1.165, 1.54) is 0 Å². The van der Waals surface area contributed by atoms with Gasteiger partial charge >= 0.3 is 0 Å². The average Bonchev–Trinajstić information content (AvgIpc) is 3.26. The van der Waals surface area contributed by atoms with Gasteiger partial charge in [0.1, 0.15) is 6.10 Å². The number of aliphatic hydroxyl groups is 1. The van der Waals surface area contributed by atoms with Crippen LogP contribution in [0.3, 0.4) is 0 Å². The third-order valence-electron chi connectivity index (χ3n) is 3.91. The Morgan fingerprint density at radius 2 is 2.16 bits per heavy atom. The average molecular weight is 343 g/mol. The predicted octanol–water partition coefficient (Wildman–Crippen LogP) is 0.830. The molecule has 0 saturated carbocycles. The summed E-state index contributed by atoms with van der Waals surface area (Å²) in [5.41, 5.74) is 1.09. The maximum Gasteiger partial charge on any atom is 0.252 e. The van der Waals surface area contributed by atoms with Gasteiger partial charge < -0.3 is 10.4 Å². The molecule has 25 heavy (non-hydrogen) atoms. The summed E-state index contributed by atoms with van der Waals surface area (Å²) >= 11 is 0. The molecule has 0 aliphatic heterocycles. The zero-order valence-corrected chi connectivity index (χ0v) is 14.2. The van der Waals surface area contributed by atoms with E-state index in [1.807, 2.05) is 13.8 Å². The van der Waals surface area contributed by atoms with Gasteiger partial charge in [-0.25, -0.2) is 0 Å². The molecule has 2 N–H and O–H groups in total. The van der Waals surface area contributed by atoms with Crippen LogP contribution in [0.15, 0.2) is 30.7 Å². The van der Waals surface area contributed by atoms with Crippen molar-refractivity contribution >= 4 is 11.6 Å². The Kier molecular flexibility index (Phi) is 5.03. The van der Waals surface area contributed by atoms with Crippen molar-refractivity contribution < 1.29 is 9.90 Å². The molecule has 3 aromatic rings. The maximum atomic E-state index is 12.3. The number of hydrogen-bond acceptors (Lipinski definition) is 6. The molecule has 0 spiro atoms. The van der Waals surface area contributed by atoms with Crippen molar-refractivity contribution in [1.29, 1.82) is 0 Å². The minimum absolute atomic E-state index is 0.00154. The zero-order valence-electron chi connectivity index (χ0n) is 14.2. The lowest BCUT2D eigenvalue weighted by molar-refractivity contribution is 0.0951. The summed E-state index contributed by atoms with van der Waals surface area (Å²) in [4.78, 5) is 12.3. The van der Waals surface area contributed by atoms with Crippen LogP contribution in [0.1, 0.15) is 42.6 Å². The fourth-order valence-corrected chi connectivity index (χ4v) is 2.44. The number of carbonyl (C=O) groups excluding carboxylic acids is 1. The number of pyridine rings is 1. The summed E-state index contributed by atoms with van der Waals surface area (Å²) in [6.45, 7) is 5.02. The second-order valence-corrected chi connectivity index (χ2v) is 6.17. The molecule has 9 nitrogen and oxygen atoms in total. The van der Waals surface area contributed by atoms with Crippen LogP contribution < -0.4 is 5.32 Å². The van der Waals surface area contributed by atoms with Gasteiger partial charge in [0.2, 0.25) is 0 Å². The van der Waals surface area contributed by atoms with Crippen LogP contribution in [-0.2, 0) is 6.54 Å². The van der Waals surface area contributed by atoms with Crippen LogP contribution in [0.25, 0.3) is 5.65 Å². The fourth-order valence-electron chi connectivity index (χ4n) is 2.44. The first kappa shape index (κ1) is 17.0. The number of hydrogen-bond donors (Lipinski definition) is 2. The van der Waals surface area contributed by atoms with Crippen molar-refractivity contribution in [1.82, 2.24) is 34.9 Å². The van der Waals surface area contributed by atoms with Crippen molar-refractivity contribution in [2.24, 2.45) is 5.92 Å². The van der Waals surface area contributed by atoms with Crippen LogP contribution in [0.2, 0.25) is 0 Å². The maximum absolute atomic E-state index is 12.3. The number of aryl methyl sites for hydroxylation is 1. The van der Waals surface area contributed by atoms with E-state index in [0.29, 0.717) is 30.1 Å². The van der Waals surface area contributed by atoms with E-state index >= 15 is 0 Å². The van der Waals surface area contributed by atoms with Gasteiger partial charge in [0.25, 0.3) is 5.91 Å². The lowest BCUT2D eigenvalue weighted by atomic mass is 10.1. The molecule has 3 aromatic heterocycles. The molecule has 1 unspecified atom stereocenters. The van der Waals surface area contributed by atoms with E-state index in [0.717, 1.165) is 6.42 Å². The Bertz CT molecular complexity index is 841. The lowest BCUT2D eigenvalue weighted by Crippen LogP contribution is -2.25. The Morgan fingerprint density at radius 3 is 2.88 bits per heavy atom. The molecule has 9 heteroatoms. The summed E-state index contributed by atoms with van der Waals surface area (Å²) in [6.07, 6.45) is 5.07. The summed E-state index contributed by atoms with van der Waals surface area (Å²) < 4.78 is 3.38. The normalized spacial score (nSPS) is 12.6. The van der Waals surface area contributed by atoms with Gasteiger partial charge in [0.05, 0.1) is 11.8 Å². The highest BCUT2D eigenvalue weighted by atomic mass is 16.3. The van der Waals surface area contributed by atoms with Crippen LogP contribution >= 0.6 is 0 Å². The Morgan fingerprint density at radius 1 is 1.32 bits per heavy atom. The van der Waals surface area contributed by atoms with Gasteiger partial charge in [-0.05, 0) is 24.5 Å². The molecular weight excluding hydrogens is 322 g/mol. The van der Waals surface area contributed by atoms with Crippen molar-refractivity contribution in [3.8, 4) is 0 Å². The number of rotatable bonds is 7. The van der Waals surface area contributed by atoms with Crippen LogP contribution in [0, 0.1) is 5.92 Å². The first-order valence-corrected chi connectivity index (χ1v) is 8.21. The van der Waals surface area contributed by atoms with Gasteiger partial charge in [0.15, 0.2) is 11.5 Å². The quantitative estimate of drug-likeness (QED) is 0.615. The smallest absolute Gasteiger partial charge is 0.252 e. The van der Waals surface area contributed by atoms with E-state index < -0.39 is 6.10 Å². The molecule has 3 rings (SSSR count). The number of aliphatic hydroxyl groups excluding tert-OH is 1. The molecule has 132 valence electrons. The molecule has 3 heterocycles. The minimum Gasteiger partial charge on any atom is -0.385 e. The number of nitrogens with one attached hydrogen (secondary N) is 1. The molecule has 0 radical (unpaired) electrons. The number of nitrogens with zero attached hydrogens (tertiary/aromatic N) is 6. The van der Waals surface area contributed by atoms with Crippen molar-refractivity contribution in [2.75, 3.05) is 6.54 Å². The Labute approximate surface area is 144 Å². The number of amides is 1. The second-order valence-electron chi connectivity index (χ2n) is 6.17. The topological polar surface area (TPSA) is 110 Å². The SMILES string of the molecule is CC(C)C(O)c1nnc2ccc(C(=O)NCCCn3ccnn3)cn12. The van der Waals surface area contributed by atoms with E-state index in [9.17, 15) is 9.90 Å². The summed E-state index contributed by atoms with van der Waals surface area (Å²) in [6, 6.07) is 3.41. The fraction of sp³-hybridized carbons (Fsp3) is 0.438. The molecule has 1 atom stereocenters. The highest BCUT2D eigenvalue weighted by Crippen LogP contribution is 2.20. The number of fused-ring (bicyclic) bond motifs is 1. The zero-order chi connectivity index (χ0) is 17.8. The number of aromatic nitrogens is 6. The monoisotopic (exact) mass is 343 g/mol. The summed E-state index contributed by atoms with van der Waals surface area (Å²) in [5.74, 6) is 0.256. The lowest BCUT2D eigenvalue weighted by Gasteiger charge is -2.12. The van der Waals surface area contributed by atoms with Crippen LogP contribution in [0.5, 0.6) is 0 Å². The third-order valence-corrected chi connectivity index (χ3v) is 3.91. The summed E-state index contributed by atoms with van der Waals surface area (Å²) in [5, 5.41) is 28.8. The van der Waals surface area contributed by atoms with Crippen LogP contribution in [-0.4, -0.2) is 47.2 Å². The first-order chi connectivity index (χ1) is 12.1. The number of carbonyl (C=O) groups is 1. The van der Waals surface area contributed by atoms with Gasteiger partial charge in [-0.1, -0.05) is 19.1 Å². The molecule has 0 aliphatic carbocycles. The standard InChI is InChI=1S/C16H21N7O2/c1-11(2)14(24)15-20-19-13-5-4-12(10-23(13)15)16(25)17-6-3-8-22-9-7-18-21-22/h4-5,7,9-11,14,24H,3,6,8H2,1-2H3,(H,17,25). The van der Waals surface area contributed by atoms with E-state index in [-0.39, 0.29) is 11.8 Å². The van der Waals surface area contributed by atoms with Crippen molar-refractivity contribution in [3.05, 3.63) is 42.1 Å². The van der Waals surface area contributed by atoms with Gasteiger partial charge in [-0.2, -0.15) is 0 Å². The van der Waals surface area contributed by atoms with Crippen LogP contribution in [0.4, 0.5) is 0 Å². The molecule has 1 amide bonds. The molecule has 0 aliphatic rings. The Hall–Kier alpha value is -2.81. The van der Waals surface area contributed by atoms with Gasteiger partial charge in [0, 0.05) is 25.5 Å². The molecular formula is C16H21N7O2. The summed E-state index contributed by atoms with van der Waals surface area (Å²) in [7, 11) is 0. The highest BCUT2D eigenvalue weighted by Gasteiger charge is 2.19. The van der Waals surface area contributed by atoms with Gasteiger partial charge in [-0.15, -0.1) is 15.3 Å². The first-order valence-electron chi connectivity index (χ1n) is 8.21. The highest BCUT2D eigenvalue weighted by molar-refractivity contribution is 5.94. The Balaban J connectivity index is 1.65. The van der Waals surface area contributed by atoms with Crippen molar-refractivity contribution in [2.45, 2.75) is 32.9 Å². The molecule has 0 saturated heterocycles. The largest absolute Gasteiger partial charge is 0.385 e. The van der Waals surface area contributed by atoms with E-state index in [2.05, 4.69) is 25.8 Å². The molecule has 0 fully saturated rings.